The highest BCUT2D eigenvalue weighted by Gasteiger charge is 2.21. The molecule has 0 aliphatic carbocycles. The minimum absolute atomic E-state index is 0. The van der Waals surface area contributed by atoms with Gasteiger partial charge in [0.2, 0.25) is 0 Å². The maximum Gasteiger partial charge on any atom is 0.191 e. The molecule has 26 heavy (non-hydrogen) atoms. The van der Waals surface area contributed by atoms with Gasteiger partial charge in [-0.05, 0) is 39.7 Å². The van der Waals surface area contributed by atoms with E-state index in [1.165, 1.54) is 5.56 Å². The van der Waals surface area contributed by atoms with E-state index in [2.05, 4.69) is 67.5 Å². The van der Waals surface area contributed by atoms with E-state index in [9.17, 15) is 0 Å². The average Bonchev–Trinajstić information content (AvgIpc) is 2.58. The molecule has 0 radical (unpaired) electrons. The molecule has 0 amide bonds. The standard InChI is InChI=1S/C20H34N4O.HI/c1-5-21-20(23-18(4)19-10-7-6-8-11-19)22-12-9-13-24-14-16(2)25-17(3)15-24;/h6-8,10-11,16-18H,5,9,12-15H2,1-4H3,(H2,21,22,23);1H. The minimum atomic E-state index is 0. The molecular formula is C20H35IN4O. The number of halogens is 1. The molecule has 1 saturated heterocycles. The van der Waals surface area contributed by atoms with Crippen LogP contribution in [0.25, 0.3) is 0 Å². The molecule has 1 aliphatic heterocycles. The van der Waals surface area contributed by atoms with Crippen molar-refractivity contribution in [1.29, 1.82) is 0 Å². The van der Waals surface area contributed by atoms with Crippen LogP contribution in [0.15, 0.2) is 35.3 Å². The van der Waals surface area contributed by atoms with E-state index in [0.29, 0.717) is 12.2 Å². The van der Waals surface area contributed by atoms with Crippen molar-refractivity contribution in [1.82, 2.24) is 15.5 Å². The van der Waals surface area contributed by atoms with Crippen LogP contribution in [0.1, 0.15) is 45.7 Å². The molecule has 1 fully saturated rings. The van der Waals surface area contributed by atoms with E-state index < -0.39 is 0 Å². The number of aliphatic imine (C=N–C) groups is 1. The highest BCUT2D eigenvalue weighted by atomic mass is 127. The maximum absolute atomic E-state index is 5.79. The van der Waals surface area contributed by atoms with Crippen molar-refractivity contribution in [2.24, 2.45) is 4.99 Å². The highest BCUT2D eigenvalue weighted by molar-refractivity contribution is 14.0. The SMILES string of the molecule is CCNC(=NCCCN1CC(C)OC(C)C1)NC(C)c1ccccc1.I. The molecule has 1 aromatic rings. The summed E-state index contributed by atoms with van der Waals surface area (Å²) >= 11 is 0. The van der Waals surface area contributed by atoms with Crippen LogP contribution in [-0.2, 0) is 4.74 Å². The summed E-state index contributed by atoms with van der Waals surface area (Å²) in [6.45, 7) is 13.4. The van der Waals surface area contributed by atoms with Crippen LogP contribution < -0.4 is 10.6 Å². The molecule has 6 heteroatoms. The van der Waals surface area contributed by atoms with Gasteiger partial charge < -0.3 is 15.4 Å². The second-order valence-electron chi connectivity index (χ2n) is 6.91. The van der Waals surface area contributed by atoms with Gasteiger partial charge in [-0.1, -0.05) is 30.3 Å². The van der Waals surface area contributed by atoms with Crippen molar-refractivity contribution < 1.29 is 4.74 Å². The third-order valence-corrected chi connectivity index (χ3v) is 4.39. The minimum Gasteiger partial charge on any atom is -0.373 e. The van der Waals surface area contributed by atoms with Gasteiger partial charge in [0, 0.05) is 32.7 Å². The predicted octanol–water partition coefficient (Wildman–Crippen LogP) is 3.42. The number of hydrogen-bond acceptors (Lipinski definition) is 3. The van der Waals surface area contributed by atoms with Crippen molar-refractivity contribution >= 4 is 29.9 Å². The van der Waals surface area contributed by atoms with E-state index in [0.717, 1.165) is 45.1 Å². The van der Waals surface area contributed by atoms with Crippen molar-refractivity contribution in [2.45, 2.75) is 52.4 Å². The molecule has 0 aromatic heterocycles. The molecule has 0 bridgehead atoms. The summed E-state index contributed by atoms with van der Waals surface area (Å²) in [4.78, 5) is 7.23. The zero-order valence-corrected chi connectivity index (χ0v) is 18.9. The van der Waals surface area contributed by atoms with Crippen LogP contribution in [0, 0.1) is 0 Å². The van der Waals surface area contributed by atoms with Gasteiger partial charge in [0.25, 0.3) is 0 Å². The van der Waals surface area contributed by atoms with Gasteiger partial charge in [0.15, 0.2) is 5.96 Å². The first-order valence-corrected chi connectivity index (χ1v) is 9.56. The Labute approximate surface area is 176 Å². The number of morpholine rings is 1. The largest absolute Gasteiger partial charge is 0.373 e. The maximum atomic E-state index is 5.79. The summed E-state index contributed by atoms with van der Waals surface area (Å²) in [6.07, 6.45) is 1.73. The molecule has 1 heterocycles. The van der Waals surface area contributed by atoms with Crippen LogP contribution in [-0.4, -0.2) is 55.8 Å². The molecule has 148 valence electrons. The Morgan fingerprint density at radius 2 is 1.88 bits per heavy atom. The normalized spacial score (nSPS) is 22.4. The molecule has 1 aliphatic rings. The smallest absolute Gasteiger partial charge is 0.191 e. The van der Waals surface area contributed by atoms with Crippen LogP contribution in [0.2, 0.25) is 0 Å². The number of hydrogen-bond donors (Lipinski definition) is 2. The van der Waals surface area contributed by atoms with Gasteiger partial charge in [-0.3, -0.25) is 9.89 Å². The van der Waals surface area contributed by atoms with Crippen molar-refractivity contribution in [2.75, 3.05) is 32.7 Å². The fourth-order valence-electron chi connectivity index (χ4n) is 3.30. The predicted molar refractivity (Wildman–Crippen MR) is 120 cm³/mol. The Kier molecular flexibility index (Phi) is 11.2. The third kappa shape index (κ3) is 8.22. The second kappa shape index (κ2) is 12.5. The summed E-state index contributed by atoms with van der Waals surface area (Å²) in [5.74, 6) is 0.891. The number of nitrogens with one attached hydrogen (secondary N) is 2. The Morgan fingerprint density at radius 1 is 1.23 bits per heavy atom. The van der Waals surface area contributed by atoms with Gasteiger partial charge in [-0.2, -0.15) is 0 Å². The number of benzene rings is 1. The molecule has 3 atom stereocenters. The Balaban J connectivity index is 0.00000338. The lowest BCUT2D eigenvalue weighted by Gasteiger charge is -2.35. The van der Waals surface area contributed by atoms with Crippen LogP contribution in [0.4, 0.5) is 0 Å². The molecule has 5 nitrogen and oxygen atoms in total. The first-order chi connectivity index (χ1) is 12.1. The molecule has 0 saturated carbocycles. The van der Waals surface area contributed by atoms with Gasteiger partial charge in [0.1, 0.15) is 0 Å². The van der Waals surface area contributed by atoms with Crippen LogP contribution in [0.5, 0.6) is 0 Å². The topological polar surface area (TPSA) is 48.9 Å². The van der Waals surface area contributed by atoms with Crippen LogP contribution >= 0.6 is 24.0 Å². The first-order valence-electron chi connectivity index (χ1n) is 9.56. The van der Waals surface area contributed by atoms with Crippen molar-refractivity contribution in [3.63, 3.8) is 0 Å². The van der Waals surface area contributed by atoms with E-state index in [1.54, 1.807) is 0 Å². The number of nitrogens with zero attached hydrogens (tertiary/aromatic N) is 2. The summed E-state index contributed by atoms with van der Waals surface area (Å²) in [6, 6.07) is 10.7. The van der Waals surface area contributed by atoms with E-state index in [1.807, 2.05) is 6.07 Å². The fourth-order valence-corrected chi connectivity index (χ4v) is 3.30. The van der Waals surface area contributed by atoms with Crippen molar-refractivity contribution in [3.05, 3.63) is 35.9 Å². The van der Waals surface area contributed by atoms with Gasteiger partial charge in [-0.25, -0.2) is 0 Å². The number of ether oxygens (including phenoxy) is 1. The summed E-state index contributed by atoms with van der Waals surface area (Å²) in [5, 5.41) is 6.83. The molecular weight excluding hydrogens is 439 g/mol. The van der Waals surface area contributed by atoms with E-state index in [4.69, 9.17) is 9.73 Å². The third-order valence-electron chi connectivity index (χ3n) is 4.39. The van der Waals surface area contributed by atoms with Gasteiger partial charge >= 0.3 is 0 Å². The quantitative estimate of drug-likeness (QED) is 0.275. The lowest BCUT2D eigenvalue weighted by Crippen LogP contribution is -2.45. The Hall–Kier alpha value is -0.860. The molecule has 3 unspecified atom stereocenters. The monoisotopic (exact) mass is 474 g/mol. The number of guanidine groups is 1. The average molecular weight is 474 g/mol. The molecule has 0 spiro atoms. The van der Waals surface area contributed by atoms with Gasteiger partial charge in [-0.15, -0.1) is 24.0 Å². The Morgan fingerprint density at radius 3 is 2.50 bits per heavy atom. The zero-order valence-electron chi connectivity index (χ0n) is 16.6. The van der Waals surface area contributed by atoms with Crippen LogP contribution in [0.3, 0.4) is 0 Å². The summed E-state index contributed by atoms with van der Waals surface area (Å²) in [7, 11) is 0. The highest BCUT2D eigenvalue weighted by Crippen LogP contribution is 2.12. The lowest BCUT2D eigenvalue weighted by atomic mass is 10.1. The molecule has 2 rings (SSSR count). The van der Waals surface area contributed by atoms with E-state index >= 15 is 0 Å². The lowest BCUT2D eigenvalue weighted by molar-refractivity contribution is -0.0679. The zero-order chi connectivity index (χ0) is 18.1. The van der Waals surface area contributed by atoms with E-state index in [-0.39, 0.29) is 30.0 Å². The number of rotatable bonds is 7. The Bertz CT molecular complexity index is 516. The van der Waals surface area contributed by atoms with Gasteiger partial charge in [0.05, 0.1) is 18.2 Å². The van der Waals surface area contributed by atoms with Crippen molar-refractivity contribution in [3.8, 4) is 0 Å². The molecule has 1 aromatic carbocycles. The fraction of sp³-hybridized carbons (Fsp3) is 0.650. The first kappa shape index (κ1) is 23.2. The molecule has 2 N–H and O–H groups in total. The summed E-state index contributed by atoms with van der Waals surface area (Å²) < 4.78 is 5.79. The summed E-state index contributed by atoms with van der Waals surface area (Å²) in [5.41, 5.74) is 1.27. The second-order valence-corrected chi connectivity index (χ2v) is 6.91.